The molecule has 0 amide bonds. The molecule has 0 aromatic heterocycles. The van der Waals surface area contributed by atoms with Crippen LogP contribution in [0.4, 0.5) is 11.4 Å². The molecule has 0 bridgehead atoms. The average Bonchev–Trinajstić information content (AvgIpc) is 2.91. The van der Waals surface area contributed by atoms with Gasteiger partial charge in [-0.15, -0.1) is 0 Å². The second-order valence-corrected chi connectivity index (χ2v) is 5.10. The van der Waals surface area contributed by atoms with Gasteiger partial charge in [-0.1, -0.05) is 25.0 Å². The van der Waals surface area contributed by atoms with Crippen molar-refractivity contribution < 1.29 is 0 Å². The van der Waals surface area contributed by atoms with Gasteiger partial charge in [0.25, 0.3) is 0 Å². The van der Waals surface area contributed by atoms with E-state index in [-0.39, 0.29) is 0 Å². The third kappa shape index (κ3) is 3.61. The second kappa shape index (κ2) is 6.43. The van der Waals surface area contributed by atoms with Crippen molar-refractivity contribution in [3.63, 3.8) is 0 Å². The van der Waals surface area contributed by atoms with E-state index >= 15 is 0 Å². The number of nitrogens with zero attached hydrogens (tertiary/aromatic N) is 2. The zero-order valence-corrected chi connectivity index (χ0v) is 11.7. The Bertz CT molecular complexity index is 435. The fourth-order valence-electron chi connectivity index (χ4n) is 2.42. The summed E-state index contributed by atoms with van der Waals surface area (Å²) in [7, 11) is 4.04. The van der Waals surface area contributed by atoms with Crippen molar-refractivity contribution in [2.24, 2.45) is 10.8 Å². The van der Waals surface area contributed by atoms with Gasteiger partial charge in [0.05, 0.1) is 17.4 Å². The molecule has 0 spiro atoms. The van der Waals surface area contributed by atoms with Crippen LogP contribution in [0, 0.1) is 0 Å². The van der Waals surface area contributed by atoms with Gasteiger partial charge in [-0.05, 0) is 25.0 Å². The number of hydrogen-bond donors (Lipinski definition) is 3. The molecule has 0 saturated heterocycles. The first-order valence-electron chi connectivity index (χ1n) is 6.78. The minimum absolute atomic E-state index is 0.394. The van der Waals surface area contributed by atoms with Crippen LogP contribution in [0.1, 0.15) is 25.7 Å². The Balaban J connectivity index is 2.13. The fourth-order valence-corrected chi connectivity index (χ4v) is 2.42. The van der Waals surface area contributed by atoms with Gasteiger partial charge in [0.2, 0.25) is 5.96 Å². The summed E-state index contributed by atoms with van der Waals surface area (Å²) >= 11 is 0. The minimum atomic E-state index is 0.394. The molecule has 0 unspecified atom stereocenters. The van der Waals surface area contributed by atoms with Crippen molar-refractivity contribution in [1.29, 1.82) is 0 Å². The number of anilines is 2. The van der Waals surface area contributed by atoms with Gasteiger partial charge in [0.1, 0.15) is 0 Å². The highest BCUT2D eigenvalue weighted by Crippen LogP contribution is 2.24. The molecular weight excluding hydrogens is 238 g/mol. The maximum Gasteiger partial charge on any atom is 0.210 e. The van der Waals surface area contributed by atoms with E-state index in [0.29, 0.717) is 12.0 Å². The summed E-state index contributed by atoms with van der Waals surface area (Å²) in [5, 5.41) is 3.28. The number of guanidine groups is 1. The smallest absolute Gasteiger partial charge is 0.210 e. The lowest BCUT2D eigenvalue weighted by atomic mass is 10.2. The normalized spacial score (nSPS) is 16.5. The first-order valence-corrected chi connectivity index (χ1v) is 6.78. The van der Waals surface area contributed by atoms with Crippen molar-refractivity contribution >= 4 is 17.3 Å². The molecule has 0 radical (unpaired) electrons. The van der Waals surface area contributed by atoms with Crippen LogP contribution in [0.5, 0.6) is 0 Å². The Morgan fingerprint density at radius 3 is 2.58 bits per heavy atom. The highest BCUT2D eigenvalue weighted by Gasteiger charge is 2.15. The topological polar surface area (TPSA) is 65.7 Å². The molecule has 2 rings (SSSR count). The molecule has 4 N–H and O–H groups in total. The van der Waals surface area contributed by atoms with Crippen LogP contribution >= 0.6 is 0 Å². The summed E-state index contributed by atoms with van der Waals surface area (Å²) in [5.74, 6) is 6.21. The summed E-state index contributed by atoms with van der Waals surface area (Å²) in [4.78, 5) is 6.70. The van der Waals surface area contributed by atoms with E-state index in [4.69, 9.17) is 5.84 Å². The molecule has 5 heteroatoms. The number of nitrogens with one attached hydrogen (secondary N) is 2. The number of hydrogen-bond acceptors (Lipinski definition) is 3. The van der Waals surface area contributed by atoms with Crippen LogP contribution in [0.3, 0.4) is 0 Å². The zero-order chi connectivity index (χ0) is 13.7. The molecule has 1 aromatic rings. The molecule has 0 atom stereocenters. The molecule has 19 heavy (non-hydrogen) atoms. The predicted octanol–water partition coefficient (Wildman–Crippen LogP) is 1.93. The molecule has 5 nitrogen and oxygen atoms in total. The first-order chi connectivity index (χ1) is 9.20. The lowest BCUT2D eigenvalue weighted by Gasteiger charge is -2.19. The lowest BCUT2D eigenvalue weighted by Crippen LogP contribution is -2.37. The van der Waals surface area contributed by atoms with Gasteiger partial charge in [0, 0.05) is 14.1 Å². The molecule has 104 valence electrons. The second-order valence-electron chi connectivity index (χ2n) is 5.10. The maximum atomic E-state index is 5.57. The van der Waals surface area contributed by atoms with Crippen molar-refractivity contribution in [3.8, 4) is 0 Å². The Hall–Kier alpha value is -1.75. The van der Waals surface area contributed by atoms with E-state index < -0.39 is 0 Å². The molecular formula is C14H23N5. The van der Waals surface area contributed by atoms with Crippen LogP contribution in [0.15, 0.2) is 29.3 Å². The van der Waals surface area contributed by atoms with Crippen molar-refractivity contribution in [3.05, 3.63) is 24.3 Å². The van der Waals surface area contributed by atoms with Gasteiger partial charge in [-0.3, -0.25) is 5.43 Å². The zero-order valence-electron chi connectivity index (χ0n) is 11.7. The van der Waals surface area contributed by atoms with Crippen molar-refractivity contribution in [2.75, 3.05) is 24.3 Å². The van der Waals surface area contributed by atoms with E-state index in [9.17, 15) is 0 Å². The molecule has 1 aliphatic rings. The average molecular weight is 261 g/mol. The standard InChI is InChI=1S/C14H23N5/c1-19(2)13-10-6-5-9-12(13)17-14(18-15)16-11-7-3-4-8-11/h5-6,9-11H,3-4,7-8,15H2,1-2H3,(H2,16,17,18). The third-order valence-electron chi connectivity index (χ3n) is 3.41. The van der Waals surface area contributed by atoms with E-state index in [0.717, 1.165) is 24.2 Å². The van der Waals surface area contributed by atoms with Crippen LogP contribution < -0.4 is 21.5 Å². The van der Waals surface area contributed by atoms with Crippen molar-refractivity contribution in [1.82, 2.24) is 5.43 Å². The van der Waals surface area contributed by atoms with Crippen LogP contribution in [0.25, 0.3) is 0 Å². The van der Waals surface area contributed by atoms with E-state index in [1.54, 1.807) is 0 Å². The highest BCUT2D eigenvalue weighted by molar-refractivity contribution is 5.96. The molecule has 1 fully saturated rings. The Kier molecular flexibility index (Phi) is 4.63. The van der Waals surface area contributed by atoms with Crippen LogP contribution in [-0.2, 0) is 0 Å². The van der Waals surface area contributed by atoms with Crippen LogP contribution in [0.2, 0.25) is 0 Å². The minimum Gasteiger partial charge on any atom is -0.376 e. The fraction of sp³-hybridized carbons (Fsp3) is 0.500. The summed E-state index contributed by atoms with van der Waals surface area (Å²) in [5.41, 5.74) is 4.77. The monoisotopic (exact) mass is 261 g/mol. The Labute approximate surface area is 114 Å². The first kappa shape index (κ1) is 13.7. The number of nitrogens with two attached hydrogens (primary N) is 1. The Morgan fingerprint density at radius 2 is 1.95 bits per heavy atom. The van der Waals surface area contributed by atoms with E-state index in [2.05, 4.69) is 26.7 Å². The number of para-hydroxylation sites is 2. The summed E-state index contributed by atoms with van der Waals surface area (Å²) in [6, 6.07) is 8.50. The van der Waals surface area contributed by atoms with Crippen molar-refractivity contribution in [2.45, 2.75) is 31.7 Å². The molecule has 1 aliphatic carbocycles. The lowest BCUT2D eigenvalue weighted by molar-refractivity contribution is 0.700. The Morgan fingerprint density at radius 1 is 1.26 bits per heavy atom. The van der Waals surface area contributed by atoms with Crippen LogP contribution in [-0.4, -0.2) is 26.1 Å². The van der Waals surface area contributed by atoms with E-state index in [1.165, 1.54) is 12.8 Å². The number of benzene rings is 1. The molecule has 1 saturated carbocycles. The third-order valence-corrected chi connectivity index (χ3v) is 3.41. The van der Waals surface area contributed by atoms with Gasteiger partial charge >= 0.3 is 0 Å². The van der Waals surface area contributed by atoms with Gasteiger partial charge in [-0.2, -0.15) is 0 Å². The maximum absolute atomic E-state index is 5.57. The molecule has 0 aliphatic heterocycles. The quantitative estimate of drug-likeness (QED) is 0.337. The van der Waals surface area contributed by atoms with Gasteiger partial charge < -0.3 is 10.2 Å². The number of rotatable bonds is 3. The summed E-state index contributed by atoms with van der Waals surface area (Å²) < 4.78 is 0. The van der Waals surface area contributed by atoms with Gasteiger partial charge in [0.15, 0.2) is 0 Å². The largest absolute Gasteiger partial charge is 0.376 e. The SMILES string of the molecule is CN(C)c1ccccc1NC(=NC1CCCC1)NN. The predicted molar refractivity (Wildman–Crippen MR) is 81.4 cm³/mol. The summed E-state index contributed by atoms with van der Waals surface area (Å²) in [6.07, 6.45) is 4.84. The van der Waals surface area contributed by atoms with Gasteiger partial charge in [-0.25, -0.2) is 10.8 Å². The number of hydrazine groups is 1. The summed E-state index contributed by atoms with van der Waals surface area (Å²) in [6.45, 7) is 0. The molecule has 0 heterocycles. The number of aliphatic imine (C=N–C) groups is 1. The van der Waals surface area contributed by atoms with E-state index in [1.807, 2.05) is 32.3 Å². The molecule has 1 aromatic carbocycles. The highest BCUT2D eigenvalue weighted by atomic mass is 15.3.